The van der Waals surface area contributed by atoms with Gasteiger partial charge >= 0.3 is 0 Å². The van der Waals surface area contributed by atoms with Crippen molar-refractivity contribution in [1.82, 2.24) is 9.97 Å². The normalized spacial score (nSPS) is 13.7. The molecule has 0 bridgehead atoms. The van der Waals surface area contributed by atoms with E-state index in [1.165, 1.54) is 19.3 Å². The van der Waals surface area contributed by atoms with E-state index in [1.54, 1.807) is 0 Å². The molecule has 0 spiro atoms. The van der Waals surface area contributed by atoms with Crippen molar-refractivity contribution in [1.29, 1.82) is 0 Å². The Morgan fingerprint density at radius 3 is 2.42 bits per heavy atom. The number of nitrogens with zero attached hydrogens (tertiary/aromatic N) is 3. The number of aromatic nitrogens is 2. The van der Waals surface area contributed by atoms with Crippen LogP contribution in [0.15, 0.2) is 54.6 Å². The summed E-state index contributed by atoms with van der Waals surface area (Å²) in [6.07, 6.45) is 4.02. The lowest BCUT2D eigenvalue weighted by Gasteiger charge is -2.27. The third-order valence-electron chi connectivity index (χ3n) is 5.37. The number of carbonyl (C=O) groups is 1. The van der Waals surface area contributed by atoms with Crippen LogP contribution in [-0.2, 0) is 11.2 Å². The summed E-state index contributed by atoms with van der Waals surface area (Å²) in [5.41, 5.74) is 4.80. The SMILES string of the molecule is Cc1cccc(CC(=O)Nc2ccc(Nc3cc(C)nc(N4CCCCC4)n3)cc2)c1. The summed E-state index contributed by atoms with van der Waals surface area (Å²) < 4.78 is 0. The van der Waals surface area contributed by atoms with Crippen LogP contribution in [0.25, 0.3) is 0 Å². The van der Waals surface area contributed by atoms with E-state index in [0.717, 1.165) is 53.1 Å². The lowest BCUT2D eigenvalue weighted by molar-refractivity contribution is -0.115. The van der Waals surface area contributed by atoms with E-state index >= 15 is 0 Å². The molecule has 2 N–H and O–H groups in total. The molecule has 1 aromatic heterocycles. The van der Waals surface area contributed by atoms with Crippen LogP contribution in [-0.4, -0.2) is 29.0 Å². The zero-order chi connectivity index (χ0) is 21.6. The molecule has 2 heterocycles. The molecule has 31 heavy (non-hydrogen) atoms. The van der Waals surface area contributed by atoms with Crippen LogP contribution < -0.4 is 15.5 Å². The first kappa shape index (κ1) is 20.8. The molecule has 4 rings (SSSR count). The highest BCUT2D eigenvalue weighted by molar-refractivity contribution is 5.92. The van der Waals surface area contributed by atoms with E-state index in [4.69, 9.17) is 4.98 Å². The Morgan fingerprint density at radius 1 is 0.935 bits per heavy atom. The largest absolute Gasteiger partial charge is 0.341 e. The lowest BCUT2D eigenvalue weighted by atomic mass is 10.1. The molecule has 0 radical (unpaired) electrons. The summed E-state index contributed by atoms with van der Waals surface area (Å²) in [5, 5.41) is 6.32. The number of amides is 1. The number of nitrogens with one attached hydrogen (secondary N) is 2. The highest BCUT2D eigenvalue weighted by Crippen LogP contribution is 2.22. The van der Waals surface area contributed by atoms with Crippen molar-refractivity contribution in [2.75, 3.05) is 28.6 Å². The maximum absolute atomic E-state index is 12.3. The third-order valence-corrected chi connectivity index (χ3v) is 5.37. The molecule has 1 fully saturated rings. The molecule has 6 nitrogen and oxygen atoms in total. The predicted octanol–water partition coefficient (Wildman–Crippen LogP) is 5.01. The predicted molar refractivity (Wildman–Crippen MR) is 126 cm³/mol. The highest BCUT2D eigenvalue weighted by atomic mass is 16.1. The van der Waals surface area contributed by atoms with Gasteiger partial charge in [-0.25, -0.2) is 4.98 Å². The van der Waals surface area contributed by atoms with Crippen molar-refractivity contribution < 1.29 is 4.79 Å². The second-order valence-electron chi connectivity index (χ2n) is 8.16. The zero-order valence-corrected chi connectivity index (χ0v) is 18.2. The molecule has 1 aliphatic heterocycles. The Balaban J connectivity index is 1.38. The van der Waals surface area contributed by atoms with E-state index in [9.17, 15) is 4.79 Å². The maximum atomic E-state index is 12.3. The molecule has 6 heteroatoms. The average Bonchev–Trinajstić information content (AvgIpc) is 2.75. The van der Waals surface area contributed by atoms with Crippen molar-refractivity contribution >= 4 is 29.0 Å². The van der Waals surface area contributed by atoms with Crippen molar-refractivity contribution in [3.8, 4) is 0 Å². The van der Waals surface area contributed by atoms with Crippen molar-refractivity contribution in [3.63, 3.8) is 0 Å². The molecule has 3 aromatic rings. The van der Waals surface area contributed by atoms with E-state index in [2.05, 4.69) is 20.5 Å². The van der Waals surface area contributed by atoms with E-state index in [-0.39, 0.29) is 5.91 Å². The van der Waals surface area contributed by atoms with Crippen molar-refractivity contribution in [3.05, 3.63) is 71.4 Å². The average molecular weight is 416 g/mol. The molecule has 0 atom stereocenters. The van der Waals surface area contributed by atoms with E-state index in [1.807, 2.05) is 68.4 Å². The Hall–Kier alpha value is -3.41. The second-order valence-corrected chi connectivity index (χ2v) is 8.16. The molecule has 2 aromatic carbocycles. The Labute approximate surface area is 183 Å². The molecular weight excluding hydrogens is 386 g/mol. The van der Waals surface area contributed by atoms with Crippen LogP contribution in [0.1, 0.15) is 36.1 Å². The van der Waals surface area contributed by atoms with Crippen LogP contribution in [0.3, 0.4) is 0 Å². The van der Waals surface area contributed by atoms with Crippen LogP contribution in [0.2, 0.25) is 0 Å². The molecule has 0 saturated carbocycles. The first-order valence-electron chi connectivity index (χ1n) is 10.9. The monoisotopic (exact) mass is 415 g/mol. The molecule has 1 aliphatic rings. The smallest absolute Gasteiger partial charge is 0.228 e. The van der Waals surface area contributed by atoms with Gasteiger partial charge in [0.2, 0.25) is 11.9 Å². The van der Waals surface area contributed by atoms with E-state index < -0.39 is 0 Å². The lowest BCUT2D eigenvalue weighted by Crippen LogP contribution is -2.31. The summed E-state index contributed by atoms with van der Waals surface area (Å²) in [7, 11) is 0. The highest BCUT2D eigenvalue weighted by Gasteiger charge is 2.14. The fraction of sp³-hybridized carbons (Fsp3) is 0.320. The van der Waals surface area contributed by atoms with Crippen LogP contribution >= 0.6 is 0 Å². The summed E-state index contributed by atoms with van der Waals surface area (Å²) >= 11 is 0. The standard InChI is InChI=1S/C25H29N5O/c1-18-7-6-8-20(15-18)17-24(31)28-22-11-9-21(10-12-22)27-23-16-19(2)26-25(29-23)30-13-4-3-5-14-30/h6-12,15-16H,3-5,13-14,17H2,1-2H3,(H,28,31)(H,26,27,29). The fourth-order valence-corrected chi connectivity index (χ4v) is 3.85. The first-order chi connectivity index (χ1) is 15.0. The Bertz CT molecular complexity index is 1040. The number of benzene rings is 2. The van der Waals surface area contributed by atoms with Crippen molar-refractivity contribution in [2.45, 2.75) is 39.5 Å². The van der Waals surface area contributed by atoms with Gasteiger partial charge in [-0.1, -0.05) is 29.8 Å². The number of hydrogen-bond donors (Lipinski definition) is 2. The van der Waals surface area contributed by atoms with Gasteiger partial charge in [-0.05, 0) is 62.9 Å². The van der Waals surface area contributed by atoms with Crippen molar-refractivity contribution in [2.24, 2.45) is 0 Å². The maximum Gasteiger partial charge on any atom is 0.228 e. The molecular formula is C25H29N5O. The molecule has 1 saturated heterocycles. The van der Waals surface area contributed by atoms with Gasteiger partial charge < -0.3 is 15.5 Å². The van der Waals surface area contributed by atoms with Crippen LogP contribution in [0, 0.1) is 13.8 Å². The fourth-order valence-electron chi connectivity index (χ4n) is 3.85. The number of piperidine rings is 1. The van der Waals surface area contributed by atoms with Gasteiger partial charge in [0, 0.05) is 36.2 Å². The van der Waals surface area contributed by atoms with E-state index in [0.29, 0.717) is 6.42 Å². The Kier molecular flexibility index (Phi) is 6.46. The van der Waals surface area contributed by atoms with Crippen LogP contribution in [0.5, 0.6) is 0 Å². The van der Waals surface area contributed by atoms with Gasteiger partial charge in [-0.2, -0.15) is 4.98 Å². The van der Waals surface area contributed by atoms with Gasteiger partial charge in [0.15, 0.2) is 0 Å². The van der Waals surface area contributed by atoms with Gasteiger partial charge in [0.1, 0.15) is 5.82 Å². The van der Waals surface area contributed by atoms with Gasteiger partial charge in [-0.3, -0.25) is 4.79 Å². The molecule has 160 valence electrons. The second kappa shape index (κ2) is 9.60. The van der Waals surface area contributed by atoms with Gasteiger partial charge in [0.05, 0.1) is 6.42 Å². The van der Waals surface area contributed by atoms with Gasteiger partial charge in [0.25, 0.3) is 0 Å². The number of aryl methyl sites for hydroxylation is 2. The molecule has 1 amide bonds. The molecule has 0 aliphatic carbocycles. The summed E-state index contributed by atoms with van der Waals surface area (Å²) in [6.45, 7) is 6.05. The Morgan fingerprint density at radius 2 is 1.68 bits per heavy atom. The quantitative estimate of drug-likeness (QED) is 0.592. The number of anilines is 4. The summed E-state index contributed by atoms with van der Waals surface area (Å²) in [5.74, 6) is 1.55. The number of hydrogen-bond acceptors (Lipinski definition) is 5. The number of carbonyl (C=O) groups excluding carboxylic acids is 1. The minimum absolute atomic E-state index is 0.0242. The molecule has 0 unspecified atom stereocenters. The van der Waals surface area contributed by atoms with Crippen LogP contribution in [0.4, 0.5) is 23.1 Å². The topological polar surface area (TPSA) is 70.2 Å². The minimum atomic E-state index is -0.0242. The minimum Gasteiger partial charge on any atom is -0.341 e. The zero-order valence-electron chi connectivity index (χ0n) is 18.2. The first-order valence-corrected chi connectivity index (χ1v) is 10.9. The van der Waals surface area contributed by atoms with Gasteiger partial charge in [-0.15, -0.1) is 0 Å². The summed E-state index contributed by atoms with van der Waals surface area (Å²) in [6, 6.07) is 17.7. The number of rotatable bonds is 6. The third kappa shape index (κ3) is 5.81. The summed E-state index contributed by atoms with van der Waals surface area (Å²) in [4.78, 5) is 23.9.